The molecule has 4 heteroatoms. The topological polar surface area (TPSA) is 66.8 Å². The molecule has 0 saturated heterocycles. The quantitative estimate of drug-likeness (QED) is 0.819. The molecule has 1 heterocycles. The average Bonchev–Trinajstić information content (AvgIpc) is 2.53. The van der Waals surface area contributed by atoms with E-state index in [0.29, 0.717) is 29.7 Å². The van der Waals surface area contributed by atoms with Gasteiger partial charge in [-0.15, -0.1) is 0 Å². The maximum atomic E-state index is 12.7. The summed E-state index contributed by atoms with van der Waals surface area (Å²) in [6.07, 6.45) is 4.71. The van der Waals surface area contributed by atoms with Crippen molar-refractivity contribution in [2.75, 3.05) is 0 Å². The first-order valence-corrected chi connectivity index (χ1v) is 8.43. The Morgan fingerprint density at radius 1 is 1.12 bits per heavy atom. The molecule has 25 heavy (non-hydrogen) atoms. The smallest absolute Gasteiger partial charge is 0.167 e. The van der Waals surface area contributed by atoms with E-state index >= 15 is 0 Å². The Bertz CT molecular complexity index is 891. The molecule has 0 fully saturated rings. The van der Waals surface area contributed by atoms with Crippen LogP contribution in [0, 0.1) is 0 Å². The number of Topliss-reactive ketones (excluding diaryl/α,β-unsaturated/α-hetero) is 1. The van der Waals surface area contributed by atoms with Crippen LogP contribution in [0.2, 0.25) is 0 Å². The molecule has 1 aliphatic carbocycles. The Kier molecular flexibility index (Phi) is 3.39. The first kappa shape index (κ1) is 15.8. The molecule has 0 saturated carbocycles. The molecule has 4 nitrogen and oxygen atoms in total. The Balaban J connectivity index is 1.77. The third kappa shape index (κ3) is 2.68. The summed E-state index contributed by atoms with van der Waals surface area (Å²) >= 11 is 0. The fraction of sp³-hybridized carbons (Fsp3) is 0.286. The third-order valence-corrected chi connectivity index (χ3v) is 4.95. The van der Waals surface area contributed by atoms with Crippen molar-refractivity contribution in [1.29, 1.82) is 0 Å². The summed E-state index contributed by atoms with van der Waals surface area (Å²) in [6, 6.07) is 8.85. The van der Waals surface area contributed by atoms with Gasteiger partial charge in [0.25, 0.3) is 0 Å². The lowest BCUT2D eigenvalue weighted by Crippen LogP contribution is -2.28. The molecule has 2 aromatic rings. The first-order chi connectivity index (χ1) is 11.8. The summed E-state index contributed by atoms with van der Waals surface area (Å²) in [6.45, 7) is 3.90. The van der Waals surface area contributed by atoms with E-state index in [9.17, 15) is 15.0 Å². The summed E-state index contributed by atoms with van der Waals surface area (Å²) in [4.78, 5) is 12.7. The van der Waals surface area contributed by atoms with Crippen LogP contribution in [0.3, 0.4) is 0 Å². The van der Waals surface area contributed by atoms with Crippen molar-refractivity contribution in [2.45, 2.75) is 38.2 Å². The number of ketones is 1. The average molecular weight is 336 g/mol. The minimum atomic E-state index is -0.442. The Hall–Kier alpha value is -2.75. The molecule has 1 atom stereocenters. The van der Waals surface area contributed by atoms with Gasteiger partial charge in [-0.05, 0) is 67.7 Å². The van der Waals surface area contributed by atoms with Crippen molar-refractivity contribution in [2.24, 2.45) is 0 Å². The van der Waals surface area contributed by atoms with E-state index in [2.05, 4.69) is 0 Å². The van der Waals surface area contributed by atoms with Gasteiger partial charge in [-0.2, -0.15) is 0 Å². The Labute approximate surface area is 146 Å². The summed E-state index contributed by atoms with van der Waals surface area (Å²) in [5.74, 6) is 0.819. The highest BCUT2D eigenvalue weighted by molar-refractivity contribution is 6.03. The molecule has 0 bridgehead atoms. The highest BCUT2D eigenvalue weighted by atomic mass is 16.5. The fourth-order valence-corrected chi connectivity index (χ4v) is 3.68. The molecule has 4 rings (SSSR count). The standard InChI is InChI=1S/C21H20O4/c1-21(2)8-7-16-18(25-21)11-14-9-13(10-17(23)19(14)20(16)24)12-3-5-15(22)6-4-12/h3-8,11,13,22,24H,9-10H2,1-2H3/t13-/m1/s1. The predicted octanol–water partition coefficient (Wildman–Crippen LogP) is 4.19. The lowest BCUT2D eigenvalue weighted by molar-refractivity contribution is 0.0960. The van der Waals surface area contributed by atoms with Gasteiger partial charge in [-0.25, -0.2) is 0 Å². The number of phenols is 2. The van der Waals surface area contributed by atoms with Gasteiger partial charge < -0.3 is 14.9 Å². The maximum Gasteiger partial charge on any atom is 0.167 e. The number of rotatable bonds is 1. The summed E-state index contributed by atoms with van der Waals surface area (Å²) in [5, 5.41) is 20.1. The van der Waals surface area contributed by atoms with E-state index in [1.807, 2.05) is 44.2 Å². The van der Waals surface area contributed by atoms with Crippen LogP contribution < -0.4 is 4.74 Å². The molecule has 0 spiro atoms. The van der Waals surface area contributed by atoms with Crippen LogP contribution in [0.4, 0.5) is 0 Å². The van der Waals surface area contributed by atoms with Gasteiger partial charge in [-0.3, -0.25) is 4.79 Å². The monoisotopic (exact) mass is 336 g/mol. The zero-order valence-electron chi connectivity index (χ0n) is 14.2. The van der Waals surface area contributed by atoms with Crippen LogP contribution in [0.1, 0.15) is 53.2 Å². The molecule has 2 aliphatic rings. The van der Waals surface area contributed by atoms with Crippen molar-refractivity contribution < 1.29 is 19.7 Å². The minimum Gasteiger partial charge on any atom is -0.508 e. The molecule has 0 radical (unpaired) electrons. The number of carbonyl (C=O) groups is 1. The number of benzene rings is 2. The molecule has 1 aliphatic heterocycles. The second-order valence-corrected chi connectivity index (χ2v) is 7.33. The highest BCUT2D eigenvalue weighted by Gasteiger charge is 2.33. The largest absolute Gasteiger partial charge is 0.508 e. The van der Waals surface area contributed by atoms with Crippen molar-refractivity contribution >= 4 is 11.9 Å². The van der Waals surface area contributed by atoms with Crippen molar-refractivity contribution in [1.82, 2.24) is 0 Å². The van der Waals surface area contributed by atoms with Crippen LogP contribution in [0.5, 0.6) is 17.2 Å². The molecule has 2 N–H and O–H groups in total. The van der Waals surface area contributed by atoms with E-state index in [4.69, 9.17) is 4.74 Å². The molecule has 0 aromatic heterocycles. The predicted molar refractivity (Wildman–Crippen MR) is 95.3 cm³/mol. The van der Waals surface area contributed by atoms with E-state index in [0.717, 1.165) is 11.1 Å². The van der Waals surface area contributed by atoms with Gasteiger partial charge in [0.2, 0.25) is 0 Å². The summed E-state index contributed by atoms with van der Waals surface area (Å²) in [5.41, 5.74) is 2.38. The van der Waals surface area contributed by atoms with Gasteiger partial charge >= 0.3 is 0 Å². The van der Waals surface area contributed by atoms with Crippen LogP contribution in [0.25, 0.3) is 6.08 Å². The van der Waals surface area contributed by atoms with Crippen LogP contribution >= 0.6 is 0 Å². The second kappa shape index (κ2) is 5.38. The number of hydrogen-bond donors (Lipinski definition) is 2. The molecular weight excluding hydrogens is 316 g/mol. The molecule has 128 valence electrons. The number of hydrogen-bond acceptors (Lipinski definition) is 4. The minimum absolute atomic E-state index is 0.0217. The van der Waals surface area contributed by atoms with Crippen LogP contribution in [-0.2, 0) is 6.42 Å². The van der Waals surface area contributed by atoms with Crippen LogP contribution in [0.15, 0.2) is 36.4 Å². The second-order valence-electron chi connectivity index (χ2n) is 7.33. The van der Waals surface area contributed by atoms with E-state index in [1.54, 1.807) is 12.1 Å². The lowest BCUT2D eigenvalue weighted by atomic mass is 9.78. The Morgan fingerprint density at radius 3 is 2.56 bits per heavy atom. The molecule has 2 aromatic carbocycles. The van der Waals surface area contributed by atoms with Crippen LogP contribution in [-0.4, -0.2) is 21.6 Å². The molecule has 0 amide bonds. The number of phenolic OH excluding ortho intramolecular Hbond substituents is 2. The molecular formula is C21H20O4. The summed E-state index contributed by atoms with van der Waals surface area (Å²) in [7, 11) is 0. The number of ether oxygens (including phenoxy) is 1. The first-order valence-electron chi connectivity index (χ1n) is 8.43. The van der Waals surface area contributed by atoms with Gasteiger partial charge in [0.05, 0.1) is 11.1 Å². The number of carbonyl (C=O) groups excluding carboxylic acids is 1. The maximum absolute atomic E-state index is 12.7. The lowest BCUT2D eigenvalue weighted by Gasteiger charge is -2.31. The van der Waals surface area contributed by atoms with E-state index < -0.39 is 5.60 Å². The van der Waals surface area contributed by atoms with Gasteiger partial charge in [0.15, 0.2) is 5.78 Å². The number of fused-ring (bicyclic) bond motifs is 2. The molecule has 0 unspecified atom stereocenters. The number of aromatic hydroxyl groups is 2. The SMILES string of the molecule is CC1(C)C=Cc2c(cc3c(c2O)C(=O)C[C@H](c2ccc(O)cc2)C3)O1. The van der Waals surface area contributed by atoms with Gasteiger partial charge in [0, 0.05) is 6.42 Å². The van der Waals surface area contributed by atoms with Crippen molar-refractivity contribution in [3.63, 3.8) is 0 Å². The Morgan fingerprint density at radius 2 is 1.84 bits per heavy atom. The van der Waals surface area contributed by atoms with Crippen molar-refractivity contribution in [3.05, 3.63) is 58.7 Å². The van der Waals surface area contributed by atoms with E-state index in [-0.39, 0.29) is 23.2 Å². The zero-order chi connectivity index (χ0) is 17.8. The van der Waals surface area contributed by atoms with Crippen molar-refractivity contribution in [3.8, 4) is 17.2 Å². The normalized spacial score (nSPS) is 20.6. The third-order valence-electron chi connectivity index (χ3n) is 4.95. The van der Waals surface area contributed by atoms with Gasteiger partial charge in [-0.1, -0.05) is 12.1 Å². The fourth-order valence-electron chi connectivity index (χ4n) is 3.68. The zero-order valence-corrected chi connectivity index (χ0v) is 14.2. The summed E-state index contributed by atoms with van der Waals surface area (Å²) < 4.78 is 5.97. The van der Waals surface area contributed by atoms with Gasteiger partial charge in [0.1, 0.15) is 22.8 Å². The van der Waals surface area contributed by atoms with E-state index in [1.165, 1.54) is 0 Å². The highest BCUT2D eigenvalue weighted by Crippen LogP contribution is 2.45.